The van der Waals surface area contributed by atoms with Gasteiger partial charge in [-0.25, -0.2) is 0 Å². The van der Waals surface area contributed by atoms with Crippen molar-refractivity contribution in [1.29, 1.82) is 0 Å². The number of methoxy groups -OCH3 is 1. The van der Waals surface area contributed by atoms with Crippen LogP contribution in [-0.2, 0) is 4.79 Å². The first kappa shape index (κ1) is 19.5. The van der Waals surface area contributed by atoms with Crippen LogP contribution in [0.5, 0.6) is 5.75 Å². The van der Waals surface area contributed by atoms with E-state index in [9.17, 15) is 9.59 Å². The lowest BCUT2D eigenvalue weighted by atomic mass is 9.79. The zero-order chi connectivity index (χ0) is 20.5. The first-order valence-electron chi connectivity index (χ1n) is 10.1. The average molecular weight is 394 g/mol. The summed E-state index contributed by atoms with van der Waals surface area (Å²) in [4.78, 5) is 31.9. The number of benzene rings is 2. The van der Waals surface area contributed by atoms with Gasteiger partial charge < -0.3 is 19.4 Å². The van der Waals surface area contributed by atoms with Gasteiger partial charge >= 0.3 is 0 Å². The van der Waals surface area contributed by atoms with E-state index in [-0.39, 0.29) is 17.9 Å². The number of hydrogen-bond donors (Lipinski definition) is 1. The largest absolute Gasteiger partial charge is 0.497 e. The van der Waals surface area contributed by atoms with Crippen LogP contribution in [0, 0.1) is 0 Å². The van der Waals surface area contributed by atoms with E-state index in [2.05, 4.69) is 7.05 Å². The third kappa shape index (κ3) is 3.49. The zero-order valence-corrected chi connectivity index (χ0v) is 17.2. The van der Waals surface area contributed by atoms with Crippen LogP contribution in [0.25, 0.3) is 0 Å². The van der Waals surface area contributed by atoms with Crippen molar-refractivity contribution >= 4 is 11.8 Å². The van der Waals surface area contributed by atoms with Gasteiger partial charge in [0.2, 0.25) is 5.91 Å². The van der Waals surface area contributed by atoms with Crippen molar-refractivity contribution < 1.29 is 19.2 Å². The second-order valence-electron chi connectivity index (χ2n) is 7.98. The van der Waals surface area contributed by atoms with E-state index in [1.807, 2.05) is 53.4 Å². The van der Waals surface area contributed by atoms with Gasteiger partial charge in [-0.15, -0.1) is 0 Å². The molecule has 4 rings (SSSR count). The van der Waals surface area contributed by atoms with E-state index in [1.54, 1.807) is 19.1 Å². The molecule has 2 atom stereocenters. The summed E-state index contributed by atoms with van der Waals surface area (Å²) in [5, 5.41) is 0. The highest BCUT2D eigenvalue weighted by atomic mass is 16.5. The number of nitrogens with one attached hydrogen (secondary N) is 1. The third-order valence-corrected chi connectivity index (χ3v) is 6.23. The molecule has 2 aromatic carbocycles. The first-order valence-corrected chi connectivity index (χ1v) is 10.1. The highest BCUT2D eigenvalue weighted by molar-refractivity contribution is 6.01. The quantitative estimate of drug-likeness (QED) is 0.844. The second kappa shape index (κ2) is 7.87. The van der Waals surface area contributed by atoms with E-state index in [1.165, 1.54) is 4.90 Å². The van der Waals surface area contributed by atoms with Crippen molar-refractivity contribution in [2.24, 2.45) is 0 Å². The van der Waals surface area contributed by atoms with Crippen LogP contribution in [0.15, 0.2) is 48.5 Å². The minimum Gasteiger partial charge on any atom is -0.497 e. The van der Waals surface area contributed by atoms with Crippen LogP contribution in [0.4, 0.5) is 0 Å². The van der Waals surface area contributed by atoms with Crippen molar-refractivity contribution in [3.05, 3.63) is 65.2 Å². The lowest BCUT2D eigenvalue weighted by Crippen LogP contribution is -3.12. The number of carbonyl (C=O) groups is 2. The fourth-order valence-corrected chi connectivity index (χ4v) is 4.46. The molecule has 2 unspecified atom stereocenters. The molecule has 6 heteroatoms. The molecule has 152 valence electrons. The van der Waals surface area contributed by atoms with E-state index in [4.69, 9.17) is 4.74 Å². The number of quaternary nitrogens is 1. The molecule has 6 nitrogen and oxygen atoms in total. The Morgan fingerprint density at radius 1 is 1.07 bits per heavy atom. The van der Waals surface area contributed by atoms with Gasteiger partial charge in [0.25, 0.3) is 5.91 Å². The zero-order valence-electron chi connectivity index (χ0n) is 17.2. The number of nitrogens with zero attached hydrogens (tertiary/aromatic N) is 2. The monoisotopic (exact) mass is 394 g/mol. The number of rotatable bonds is 3. The Hall–Kier alpha value is -2.86. The number of likely N-dealkylation sites (N-methyl/N-ethyl adjacent to an activating group) is 2. The maximum Gasteiger partial charge on any atom is 0.254 e. The molecule has 2 aliphatic heterocycles. The molecule has 0 saturated carbocycles. The van der Waals surface area contributed by atoms with Crippen molar-refractivity contribution in [3.63, 3.8) is 0 Å². The Morgan fingerprint density at radius 2 is 1.72 bits per heavy atom. The first-order chi connectivity index (χ1) is 14.0. The Kier molecular flexibility index (Phi) is 5.28. The summed E-state index contributed by atoms with van der Waals surface area (Å²) in [7, 11) is 5.58. The maximum atomic E-state index is 13.7. The second-order valence-corrected chi connectivity index (χ2v) is 7.98. The standard InChI is InChI=1S/C23H27N3O3/c1-24-12-14-26(15-13-24)23(28)20-18-6-4-5-7-19(18)22(27)25(2)21(20)16-8-10-17(29-3)11-9-16/h4-11,20-21H,12-15H2,1-3H3/p+1. The summed E-state index contributed by atoms with van der Waals surface area (Å²) in [6.07, 6.45) is 0. The van der Waals surface area contributed by atoms with E-state index in [0.717, 1.165) is 43.1 Å². The number of fused-ring (bicyclic) bond motifs is 1. The summed E-state index contributed by atoms with van der Waals surface area (Å²) >= 11 is 0. The highest BCUT2D eigenvalue weighted by Gasteiger charge is 2.44. The number of piperazine rings is 1. The Labute approximate surface area is 171 Å². The van der Waals surface area contributed by atoms with Crippen LogP contribution < -0.4 is 9.64 Å². The fourth-order valence-electron chi connectivity index (χ4n) is 4.46. The molecule has 0 radical (unpaired) electrons. The smallest absolute Gasteiger partial charge is 0.254 e. The van der Waals surface area contributed by atoms with Crippen LogP contribution in [0.2, 0.25) is 0 Å². The molecule has 0 aromatic heterocycles. The average Bonchev–Trinajstić information content (AvgIpc) is 2.76. The summed E-state index contributed by atoms with van der Waals surface area (Å²) in [5.74, 6) is 0.392. The van der Waals surface area contributed by atoms with Gasteiger partial charge in [0.1, 0.15) is 5.75 Å². The molecule has 0 bridgehead atoms. The van der Waals surface area contributed by atoms with E-state index >= 15 is 0 Å². The third-order valence-electron chi connectivity index (χ3n) is 6.23. The molecule has 0 spiro atoms. The van der Waals surface area contributed by atoms with E-state index < -0.39 is 5.92 Å². The maximum absolute atomic E-state index is 13.7. The molecule has 1 fully saturated rings. The SMILES string of the molecule is COc1ccc(C2C(C(=O)N3CC[NH+](C)CC3)c3ccccc3C(=O)N2C)cc1. The minimum absolute atomic E-state index is 0.0479. The van der Waals surface area contributed by atoms with Gasteiger partial charge in [-0.1, -0.05) is 30.3 Å². The van der Waals surface area contributed by atoms with E-state index in [0.29, 0.717) is 5.56 Å². The van der Waals surface area contributed by atoms with Gasteiger partial charge in [0.05, 0.1) is 52.3 Å². The predicted octanol–water partition coefficient (Wildman–Crippen LogP) is 0.963. The van der Waals surface area contributed by atoms with Crippen molar-refractivity contribution in [2.75, 3.05) is 47.4 Å². The van der Waals surface area contributed by atoms with Crippen molar-refractivity contribution in [1.82, 2.24) is 9.80 Å². The van der Waals surface area contributed by atoms with Crippen molar-refractivity contribution in [3.8, 4) is 5.75 Å². The number of ether oxygens (including phenoxy) is 1. The summed E-state index contributed by atoms with van der Waals surface area (Å²) in [5.41, 5.74) is 2.39. The lowest BCUT2D eigenvalue weighted by molar-refractivity contribution is -0.883. The number of carbonyl (C=O) groups excluding carboxylic acids is 2. The van der Waals surface area contributed by atoms with Gasteiger partial charge in [0.15, 0.2) is 0 Å². The highest BCUT2D eigenvalue weighted by Crippen LogP contribution is 2.43. The summed E-state index contributed by atoms with van der Waals surface area (Å²) in [6, 6.07) is 14.9. The molecule has 0 aliphatic carbocycles. The topological polar surface area (TPSA) is 54.3 Å². The van der Waals surface area contributed by atoms with Crippen LogP contribution in [-0.4, -0.2) is 69.0 Å². The molecular formula is C23H28N3O3+. The summed E-state index contributed by atoms with van der Waals surface area (Å²) in [6.45, 7) is 3.39. The lowest BCUT2D eigenvalue weighted by Gasteiger charge is -2.42. The number of amides is 2. The molecule has 1 N–H and O–H groups in total. The Balaban J connectivity index is 1.78. The Bertz CT molecular complexity index is 904. The van der Waals surface area contributed by atoms with Gasteiger partial charge in [-0.05, 0) is 29.3 Å². The molecule has 2 aliphatic rings. The molecular weight excluding hydrogens is 366 g/mol. The van der Waals surface area contributed by atoms with Gasteiger partial charge in [-0.3, -0.25) is 9.59 Å². The Morgan fingerprint density at radius 3 is 2.38 bits per heavy atom. The fraction of sp³-hybridized carbons (Fsp3) is 0.391. The molecule has 2 heterocycles. The van der Waals surface area contributed by atoms with Gasteiger partial charge in [0, 0.05) is 12.6 Å². The van der Waals surface area contributed by atoms with Crippen LogP contribution >= 0.6 is 0 Å². The molecule has 29 heavy (non-hydrogen) atoms. The normalized spacial score (nSPS) is 22.4. The molecule has 2 amide bonds. The van der Waals surface area contributed by atoms with Crippen molar-refractivity contribution in [2.45, 2.75) is 12.0 Å². The predicted molar refractivity (Wildman–Crippen MR) is 110 cm³/mol. The van der Waals surface area contributed by atoms with Crippen LogP contribution in [0.3, 0.4) is 0 Å². The van der Waals surface area contributed by atoms with Gasteiger partial charge in [-0.2, -0.15) is 0 Å². The van der Waals surface area contributed by atoms with Crippen LogP contribution in [0.1, 0.15) is 33.4 Å². The molecule has 2 aromatic rings. The minimum atomic E-state index is -0.416. The summed E-state index contributed by atoms with van der Waals surface area (Å²) < 4.78 is 5.28. The number of hydrogen-bond acceptors (Lipinski definition) is 3. The molecule has 1 saturated heterocycles.